The van der Waals surface area contributed by atoms with Gasteiger partial charge in [-0.2, -0.15) is 0 Å². The number of nitrogens with zero attached hydrogens (tertiary/aromatic N) is 1. The number of phenols is 1. The lowest BCUT2D eigenvalue weighted by atomic mass is 9.80. The quantitative estimate of drug-likeness (QED) is 0.248. The van der Waals surface area contributed by atoms with Crippen molar-refractivity contribution in [2.45, 2.75) is 57.4 Å². The molecule has 1 atom stereocenters. The van der Waals surface area contributed by atoms with Gasteiger partial charge in [-0.25, -0.2) is 0 Å². The van der Waals surface area contributed by atoms with E-state index in [1.54, 1.807) is 12.1 Å². The maximum Gasteiger partial charge on any atom is 0.282 e. The van der Waals surface area contributed by atoms with Crippen molar-refractivity contribution in [3.63, 3.8) is 0 Å². The zero-order valence-electron chi connectivity index (χ0n) is 22.1. The van der Waals surface area contributed by atoms with Crippen molar-refractivity contribution in [1.29, 1.82) is 0 Å². The Bertz CT molecular complexity index is 1290. The van der Waals surface area contributed by atoms with Crippen molar-refractivity contribution in [1.82, 2.24) is 4.90 Å². The molecule has 0 amide bonds. The van der Waals surface area contributed by atoms with Crippen molar-refractivity contribution in [2.24, 2.45) is 5.92 Å². The van der Waals surface area contributed by atoms with E-state index in [-0.39, 0.29) is 17.1 Å². The molecule has 1 aliphatic carbocycles. The summed E-state index contributed by atoms with van der Waals surface area (Å²) in [6.45, 7) is 8.26. The highest BCUT2D eigenvalue weighted by molar-refractivity contribution is 7.80. The molecule has 1 saturated heterocycles. The predicted octanol–water partition coefficient (Wildman–Crippen LogP) is 6.71. The molecule has 3 nitrogen and oxygen atoms in total. The van der Waals surface area contributed by atoms with E-state index in [9.17, 15) is 5.11 Å². The van der Waals surface area contributed by atoms with Crippen LogP contribution in [-0.4, -0.2) is 43.2 Å². The Morgan fingerprint density at radius 3 is 2.29 bits per heavy atom. The Morgan fingerprint density at radius 2 is 1.63 bits per heavy atom. The fourth-order valence-electron chi connectivity index (χ4n) is 5.56. The lowest BCUT2D eigenvalue weighted by Gasteiger charge is -2.42. The Morgan fingerprint density at radius 1 is 0.974 bits per heavy atom. The molecular weight excluding hydrogens is 549 g/mol. The third kappa shape index (κ3) is 5.83. The van der Waals surface area contributed by atoms with E-state index >= 15 is 0 Å². The van der Waals surface area contributed by atoms with E-state index in [1.807, 2.05) is 0 Å². The molecule has 1 aliphatic heterocycles. The summed E-state index contributed by atoms with van der Waals surface area (Å²) in [5.41, 5.74) is 2.19. The summed E-state index contributed by atoms with van der Waals surface area (Å²) in [5, 5.41) is 13.9. The highest BCUT2D eigenvalue weighted by Crippen LogP contribution is 2.44. The van der Waals surface area contributed by atoms with Crippen LogP contribution in [0, 0.1) is 5.92 Å². The second-order valence-electron chi connectivity index (χ2n) is 11.6. The molecule has 38 heavy (non-hydrogen) atoms. The molecule has 1 heterocycles. The van der Waals surface area contributed by atoms with Crippen molar-refractivity contribution in [2.75, 3.05) is 13.2 Å². The lowest BCUT2D eigenvalue weighted by molar-refractivity contribution is 0.0977. The number of phenolic OH excluding ortho intramolecular Hbond substituents is 1. The molecule has 0 bridgehead atoms. The Kier molecular flexibility index (Phi) is 8.23. The molecule has 0 aromatic heterocycles. The topological polar surface area (TPSA) is 32.7 Å². The van der Waals surface area contributed by atoms with Gasteiger partial charge in [-0.3, -0.25) is 0 Å². The number of rotatable bonds is 7. The molecule has 5 rings (SSSR count). The summed E-state index contributed by atoms with van der Waals surface area (Å²) in [6.07, 6.45) is 2.84. The van der Waals surface area contributed by atoms with Gasteiger partial charge >= 0.3 is 0 Å². The van der Waals surface area contributed by atoms with E-state index in [0.29, 0.717) is 28.4 Å². The first-order chi connectivity index (χ1) is 18.1. The first-order valence-corrected chi connectivity index (χ1v) is 15.8. The smallest absolute Gasteiger partial charge is 0.282 e. The molecule has 0 spiro atoms. The number of benzene rings is 3. The minimum Gasteiger partial charge on any atom is -0.508 e. The predicted molar refractivity (Wildman–Crippen MR) is 164 cm³/mol. The van der Waals surface area contributed by atoms with Crippen LogP contribution in [0.25, 0.3) is 0 Å². The zero-order valence-corrected chi connectivity index (χ0v) is 25.4. The molecule has 1 unspecified atom stereocenters. The normalized spacial score (nSPS) is 21.7. The Labute approximate surface area is 243 Å². The van der Waals surface area contributed by atoms with Gasteiger partial charge in [0.2, 0.25) is 0 Å². The number of aromatic hydroxyl groups is 1. The molecule has 1 N–H and O–H groups in total. The Hall–Kier alpha value is -1.89. The first kappa shape index (κ1) is 27.7. The molecule has 3 aromatic rings. The SMILES string of the molecule is CC(C)(C)c1ccc([Si](OCC2CC(N3CC(c4c(O)ccc(Cl)c4Cl)CC3=S)C2)c2ccccc2)cc1. The molecule has 199 valence electrons. The highest BCUT2D eigenvalue weighted by Gasteiger charge is 2.41. The maximum absolute atomic E-state index is 10.4. The fourth-order valence-corrected chi connectivity index (χ4v) is 8.50. The number of halogens is 2. The van der Waals surface area contributed by atoms with Gasteiger partial charge in [-0.15, -0.1) is 0 Å². The van der Waals surface area contributed by atoms with E-state index in [2.05, 4.69) is 80.3 Å². The summed E-state index contributed by atoms with van der Waals surface area (Å²) in [7, 11) is -1.33. The van der Waals surface area contributed by atoms with Gasteiger partial charge in [0.15, 0.2) is 0 Å². The summed E-state index contributed by atoms with van der Waals surface area (Å²) in [6, 6.07) is 23.3. The monoisotopic (exact) mass is 582 g/mol. The van der Waals surface area contributed by atoms with Crippen LogP contribution in [0.15, 0.2) is 66.7 Å². The molecule has 7 heteroatoms. The third-order valence-corrected chi connectivity index (χ3v) is 11.2. The van der Waals surface area contributed by atoms with Crippen molar-refractivity contribution < 1.29 is 9.53 Å². The van der Waals surface area contributed by atoms with Gasteiger partial charge in [0, 0.05) is 37.1 Å². The highest BCUT2D eigenvalue weighted by atomic mass is 35.5. The first-order valence-electron chi connectivity index (χ1n) is 13.2. The van der Waals surface area contributed by atoms with Crippen molar-refractivity contribution in [3.05, 3.63) is 87.9 Å². The molecule has 2 aliphatic rings. The van der Waals surface area contributed by atoms with Gasteiger partial charge in [0.1, 0.15) is 5.75 Å². The zero-order chi connectivity index (χ0) is 27.0. The molecule has 1 radical (unpaired) electrons. The van der Waals surface area contributed by atoms with E-state index in [0.717, 1.165) is 36.5 Å². The number of hydrogen-bond donors (Lipinski definition) is 1. The van der Waals surface area contributed by atoms with Crippen molar-refractivity contribution >= 4 is 59.8 Å². The largest absolute Gasteiger partial charge is 0.508 e. The third-order valence-electron chi connectivity index (χ3n) is 7.84. The van der Waals surface area contributed by atoms with E-state index in [1.165, 1.54) is 15.9 Å². The standard InChI is InChI=1S/C31H34Cl2NO2SSi/c1-31(2,3)22-9-11-25(12-10-22)38(24-7-5-4-6-8-24)36-19-20-15-23(16-20)34-18-21(17-28(34)37)29-27(35)14-13-26(32)30(29)33/h4-14,20-21,23,35H,15-19H2,1-3H3. The van der Waals surface area contributed by atoms with Crippen LogP contribution < -0.4 is 10.4 Å². The van der Waals surface area contributed by atoms with Gasteiger partial charge in [0.25, 0.3) is 9.04 Å². The summed E-state index contributed by atoms with van der Waals surface area (Å²) >= 11 is 18.5. The fraction of sp³-hybridized carbons (Fsp3) is 0.387. The summed E-state index contributed by atoms with van der Waals surface area (Å²) < 4.78 is 6.70. The van der Waals surface area contributed by atoms with Crippen LogP contribution in [0.1, 0.15) is 57.1 Å². The number of likely N-dealkylation sites (tertiary alicyclic amines) is 1. The van der Waals surface area contributed by atoms with Gasteiger partial charge < -0.3 is 14.4 Å². The molecule has 1 saturated carbocycles. The average Bonchev–Trinajstić information content (AvgIpc) is 3.23. The molecular formula is C31H34Cl2NO2SSi. The van der Waals surface area contributed by atoms with Crippen LogP contribution in [0.3, 0.4) is 0 Å². The lowest BCUT2D eigenvalue weighted by Crippen LogP contribution is -2.49. The van der Waals surface area contributed by atoms with Crippen LogP contribution >= 0.6 is 35.4 Å². The van der Waals surface area contributed by atoms with Crippen LogP contribution in [0.5, 0.6) is 5.75 Å². The van der Waals surface area contributed by atoms with Crippen LogP contribution in [-0.2, 0) is 9.84 Å². The van der Waals surface area contributed by atoms with Gasteiger partial charge in [-0.05, 0) is 52.2 Å². The summed E-state index contributed by atoms with van der Waals surface area (Å²) in [4.78, 5) is 3.28. The van der Waals surface area contributed by atoms with Crippen LogP contribution in [0.2, 0.25) is 10.0 Å². The average molecular weight is 584 g/mol. The van der Waals surface area contributed by atoms with E-state index < -0.39 is 9.04 Å². The maximum atomic E-state index is 10.4. The minimum absolute atomic E-state index is 0.0629. The second-order valence-corrected chi connectivity index (χ2v) is 14.9. The van der Waals surface area contributed by atoms with Gasteiger partial charge in [0.05, 0.1) is 15.0 Å². The number of hydrogen-bond acceptors (Lipinski definition) is 3. The second kappa shape index (κ2) is 11.3. The van der Waals surface area contributed by atoms with Crippen LogP contribution in [0.4, 0.5) is 0 Å². The number of thiocarbonyl (C=S) groups is 1. The summed E-state index contributed by atoms with van der Waals surface area (Å²) in [5.74, 6) is 0.774. The molecule has 2 fully saturated rings. The van der Waals surface area contributed by atoms with Crippen molar-refractivity contribution in [3.8, 4) is 5.75 Å². The molecule has 3 aromatic carbocycles. The minimum atomic E-state index is -1.33. The van der Waals surface area contributed by atoms with E-state index in [4.69, 9.17) is 39.8 Å². The Balaban J connectivity index is 1.21. The van der Waals surface area contributed by atoms with Gasteiger partial charge in [-0.1, -0.05) is 111 Å².